The van der Waals surface area contributed by atoms with Gasteiger partial charge in [-0.15, -0.1) is 5.06 Å². The Labute approximate surface area is 62.9 Å². The zero-order valence-corrected chi connectivity index (χ0v) is 5.75. The van der Waals surface area contributed by atoms with Gasteiger partial charge in [0.1, 0.15) is 0 Å². The van der Waals surface area contributed by atoms with Crippen LogP contribution in [0.5, 0.6) is 0 Å². The van der Waals surface area contributed by atoms with E-state index >= 15 is 0 Å². The lowest BCUT2D eigenvalue weighted by Crippen LogP contribution is -2.63. The number of aliphatic hydroxyl groups is 4. The van der Waals surface area contributed by atoms with Gasteiger partial charge < -0.3 is 25.6 Å². The lowest BCUT2D eigenvalue weighted by atomic mass is 10.0. The average Bonchev–Trinajstić information content (AvgIpc) is 1.95. The van der Waals surface area contributed by atoms with Gasteiger partial charge in [0, 0.05) is 6.54 Å². The van der Waals surface area contributed by atoms with Gasteiger partial charge in [0.25, 0.3) is 5.91 Å². The Morgan fingerprint density at radius 3 is 2.27 bits per heavy atom. The summed E-state index contributed by atoms with van der Waals surface area (Å²) in [5.74, 6) is -2.74. The van der Waals surface area contributed by atoms with Crippen LogP contribution >= 0.6 is 0 Å². The van der Waals surface area contributed by atoms with Crippen LogP contribution in [0, 0.1) is 0 Å². The summed E-state index contributed by atoms with van der Waals surface area (Å²) in [5, 5.41) is 44.6. The quantitative estimate of drug-likeness (QED) is 0.253. The van der Waals surface area contributed by atoms with Crippen LogP contribution in [0.3, 0.4) is 0 Å². The largest absolute Gasteiger partial charge is 0.390 e. The van der Waals surface area contributed by atoms with E-state index in [0.717, 1.165) is 0 Å². The van der Waals surface area contributed by atoms with E-state index in [-0.39, 0.29) is 18.0 Å². The summed E-state index contributed by atoms with van der Waals surface area (Å²) in [5.41, 5.74) is 0. The Morgan fingerprint density at radius 2 is 1.82 bits per heavy atom. The molecule has 66 valence electrons. The number of rotatable bonds is 0. The van der Waals surface area contributed by atoms with Gasteiger partial charge in [0.05, 0.1) is 6.10 Å². The molecule has 6 nitrogen and oxygen atoms in total. The second kappa shape index (κ2) is 2.67. The van der Waals surface area contributed by atoms with E-state index in [9.17, 15) is 0 Å². The predicted molar refractivity (Wildman–Crippen MR) is 32.3 cm³/mol. The SMILES string of the molecule is OC1CCN(O)C(O)(O)C1O. The van der Waals surface area contributed by atoms with Crippen molar-refractivity contribution < 1.29 is 25.6 Å². The van der Waals surface area contributed by atoms with Crippen molar-refractivity contribution in [1.82, 2.24) is 5.06 Å². The first kappa shape index (κ1) is 8.85. The monoisotopic (exact) mass is 165 g/mol. The van der Waals surface area contributed by atoms with Crippen molar-refractivity contribution in [2.24, 2.45) is 0 Å². The van der Waals surface area contributed by atoms with Gasteiger partial charge in [0.2, 0.25) is 0 Å². The number of aliphatic hydroxyl groups excluding tert-OH is 2. The normalized spacial score (nSPS) is 39.0. The summed E-state index contributed by atoms with van der Waals surface area (Å²) in [6, 6.07) is 0. The molecule has 1 aliphatic heterocycles. The second-order valence-corrected chi connectivity index (χ2v) is 2.61. The molecule has 1 saturated heterocycles. The lowest BCUT2D eigenvalue weighted by molar-refractivity contribution is -0.414. The maximum atomic E-state index is 8.92. The fraction of sp³-hybridized carbons (Fsp3) is 1.00. The van der Waals surface area contributed by atoms with Crippen LogP contribution in [-0.4, -0.2) is 55.4 Å². The topological polar surface area (TPSA) is 104 Å². The van der Waals surface area contributed by atoms with Gasteiger partial charge in [-0.2, -0.15) is 0 Å². The third-order valence-electron chi connectivity index (χ3n) is 1.78. The van der Waals surface area contributed by atoms with Crippen molar-refractivity contribution in [2.75, 3.05) is 6.54 Å². The first-order valence-electron chi connectivity index (χ1n) is 3.23. The van der Waals surface area contributed by atoms with Crippen molar-refractivity contribution in [1.29, 1.82) is 0 Å². The molecule has 1 heterocycles. The first-order valence-corrected chi connectivity index (χ1v) is 3.23. The molecule has 2 atom stereocenters. The number of piperidine rings is 1. The highest BCUT2D eigenvalue weighted by atomic mass is 16.6. The zero-order chi connectivity index (χ0) is 8.65. The fourth-order valence-electron chi connectivity index (χ4n) is 0.988. The summed E-state index contributed by atoms with van der Waals surface area (Å²) in [4.78, 5) is 0. The molecule has 0 amide bonds. The van der Waals surface area contributed by atoms with E-state index in [1.54, 1.807) is 0 Å². The summed E-state index contributed by atoms with van der Waals surface area (Å²) < 4.78 is 0. The van der Waals surface area contributed by atoms with E-state index in [1.165, 1.54) is 0 Å². The molecule has 1 rings (SSSR count). The standard InChI is InChI=1S/C5H11NO5/c7-3-1-2-6(11)5(9,10)4(3)8/h3-4,7-11H,1-2H2. The van der Waals surface area contributed by atoms with Crippen molar-refractivity contribution in [3.63, 3.8) is 0 Å². The van der Waals surface area contributed by atoms with Gasteiger partial charge in [0.15, 0.2) is 6.10 Å². The molecule has 0 spiro atoms. The van der Waals surface area contributed by atoms with Crippen molar-refractivity contribution in [3.05, 3.63) is 0 Å². The highest BCUT2D eigenvalue weighted by Crippen LogP contribution is 2.21. The van der Waals surface area contributed by atoms with Gasteiger partial charge in [-0.3, -0.25) is 0 Å². The fourth-order valence-corrected chi connectivity index (χ4v) is 0.988. The van der Waals surface area contributed by atoms with Crippen LogP contribution in [0.15, 0.2) is 0 Å². The van der Waals surface area contributed by atoms with E-state index in [4.69, 9.17) is 25.6 Å². The third kappa shape index (κ3) is 1.36. The number of hydrogen-bond acceptors (Lipinski definition) is 6. The maximum absolute atomic E-state index is 8.92. The van der Waals surface area contributed by atoms with Crippen molar-refractivity contribution >= 4 is 0 Å². The van der Waals surface area contributed by atoms with Crippen LogP contribution in [0.4, 0.5) is 0 Å². The van der Waals surface area contributed by atoms with Crippen LogP contribution in [-0.2, 0) is 0 Å². The van der Waals surface area contributed by atoms with E-state index < -0.39 is 18.1 Å². The molecule has 11 heavy (non-hydrogen) atoms. The van der Waals surface area contributed by atoms with Crippen molar-refractivity contribution in [2.45, 2.75) is 24.5 Å². The van der Waals surface area contributed by atoms with Gasteiger partial charge >= 0.3 is 0 Å². The number of hydroxylamine groups is 2. The molecule has 0 aromatic rings. The third-order valence-corrected chi connectivity index (χ3v) is 1.78. The van der Waals surface area contributed by atoms with Crippen LogP contribution in [0.2, 0.25) is 0 Å². The van der Waals surface area contributed by atoms with E-state index in [2.05, 4.69) is 0 Å². The molecule has 1 fully saturated rings. The molecule has 0 radical (unpaired) electrons. The molecule has 0 bridgehead atoms. The minimum absolute atomic E-state index is 0.0920. The van der Waals surface area contributed by atoms with E-state index in [0.29, 0.717) is 0 Å². The van der Waals surface area contributed by atoms with Gasteiger partial charge in [-0.1, -0.05) is 0 Å². The molecular weight excluding hydrogens is 154 g/mol. The summed E-state index contributed by atoms with van der Waals surface area (Å²) in [6.07, 6.45) is -2.88. The molecule has 2 unspecified atom stereocenters. The van der Waals surface area contributed by atoms with Crippen LogP contribution in [0.1, 0.15) is 6.42 Å². The Hall–Kier alpha value is -0.240. The Bertz CT molecular complexity index is 150. The van der Waals surface area contributed by atoms with Crippen LogP contribution < -0.4 is 0 Å². The van der Waals surface area contributed by atoms with E-state index in [1.807, 2.05) is 0 Å². The highest BCUT2D eigenvalue weighted by Gasteiger charge is 2.47. The average molecular weight is 165 g/mol. The molecule has 1 aliphatic rings. The minimum atomic E-state index is -2.74. The summed E-state index contributed by atoms with van der Waals surface area (Å²) in [7, 11) is 0. The highest BCUT2D eigenvalue weighted by molar-refractivity contribution is 4.84. The van der Waals surface area contributed by atoms with Crippen LogP contribution in [0.25, 0.3) is 0 Å². The Balaban J connectivity index is 2.72. The number of nitrogens with zero attached hydrogens (tertiary/aromatic N) is 1. The predicted octanol–water partition coefficient (Wildman–Crippen LogP) is -2.56. The van der Waals surface area contributed by atoms with Gasteiger partial charge in [-0.25, -0.2) is 0 Å². The summed E-state index contributed by atoms with van der Waals surface area (Å²) >= 11 is 0. The van der Waals surface area contributed by atoms with Gasteiger partial charge in [-0.05, 0) is 6.42 Å². The molecule has 6 heteroatoms. The zero-order valence-electron chi connectivity index (χ0n) is 5.75. The molecule has 0 aliphatic carbocycles. The maximum Gasteiger partial charge on any atom is 0.276 e. The molecule has 0 saturated carbocycles. The van der Waals surface area contributed by atoms with Crippen molar-refractivity contribution in [3.8, 4) is 0 Å². The summed E-state index contributed by atoms with van der Waals surface area (Å²) in [6.45, 7) is -0.0920. The first-order chi connectivity index (χ1) is 4.96. The molecule has 5 N–H and O–H groups in total. The second-order valence-electron chi connectivity index (χ2n) is 2.61. The lowest BCUT2D eigenvalue weighted by Gasteiger charge is -2.40. The molecule has 0 aromatic heterocycles. The minimum Gasteiger partial charge on any atom is -0.390 e. The Kier molecular flexibility index (Phi) is 2.15. The molecular formula is C5H11NO5. The number of hydrogen-bond donors (Lipinski definition) is 5. The Morgan fingerprint density at radius 1 is 1.27 bits per heavy atom. The molecule has 0 aromatic carbocycles. The smallest absolute Gasteiger partial charge is 0.276 e.